The molecule has 5 heteroatoms. The monoisotopic (exact) mass is 333 g/mol. The van der Waals surface area contributed by atoms with Gasteiger partial charge in [-0.25, -0.2) is 4.79 Å². The van der Waals surface area contributed by atoms with E-state index in [1.165, 1.54) is 44.3 Å². The van der Waals surface area contributed by atoms with E-state index in [2.05, 4.69) is 33.7 Å². The number of hydrogen-bond acceptors (Lipinski definition) is 3. The van der Waals surface area contributed by atoms with Crippen LogP contribution in [0.1, 0.15) is 50.2 Å². The Hall–Kier alpha value is -1.59. The number of nitrogens with zero attached hydrogens (tertiary/aromatic N) is 1. The van der Waals surface area contributed by atoms with Crippen LogP contribution in [0.2, 0.25) is 0 Å². The van der Waals surface area contributed by atoms with E-state index < -0.39 is 0 Å². The van der Waals surface area contributed by atoms with E-state index in [-0.39, 0.29) is 18.7 Å². The predicted octanol–water partition coefficient (Wildman–Crippen LogP) is 2.63. The zero-order valence-corrected chi connectivity index (χ0v) is 14.8. The van der Waals surface area contributed by atoms with Crippen LogP contribution in [0.15, 0.2) is 24.3 Å². The molecule has 0 saturated carbocycles. The molecule has 0 unspecified atom stereocenters. The number of likely N-dealkylation sites (tertiary alicyclic amines) is 1. The lowest BCUT2D eigenvalue weighted by Crippen LogP contribution is -2.40. The van der Waals surface area contributed by atoms with Crippen molar-refractivity contribution < 1.29 is 9.90 Å². The van der Waals surface area contributed by atoms with Gasteiger partial charge in [-0.05, 0) is 50.4 Å². The molecular weight excluding hydrogens is 302 g/mol. The van der Waals surface area contributed by atoms with Gasteiger partial charge >= 0.3 is 6.03 Å². The summed E-state index contributed by atoms with van der Waals surface area (Å²) in [4.78, 5) is 14.4. The van der Waals surface area contributed by atoms with Crippen molar-refractivity contribution in [3.05, 3.63) is 35.4 Å². The van der Waals surface area contributed by atoms with Gasteiger partial charge in [0.05, 0.1) is 0 Å². The number of aliphatic hydroxyl groups is 1. The largest absolute Gasteiger partial charge is 0.396 e. The Bertz CT molecular complexity index is 499. The number of urea groups is 1. The summed E-state index contributed by atoms with van der Waals surface area (Å²) in [6, 6.07) is 8.25. The maximum atomic E-state index is 11.8. The highest BCUT2D eigenvalue weighted by Gasteiger charge is 2.10. The fourth-order valence-electron chi connectivity index (χ4n) is 3.11. The number of nitrogens with one attached hydrogen (secondary N) is 2. The summed E-state index contributed by atoms with van der Waals surface area (Å²) in [7, 11) is 0. The summed E-state index contributed by atoms with van der Waals surface area (Å²) in [6.07, 6.45) is 5.87. The lowest BCUT2D eigenvalue weighted by atomic mass is 10.1. The third-order valence-corrected chi connectivity index (χ3v) is 4.49. The standard InChI is InChI=1S/C19H31N3O2/c1-16(9-12-23)21-19(24)20-14-17-7-6-8-18(13-17)15-22-10-4-2-3-5-11-22/h6-8,13,16,23H,2-5,9-12,14-15H2,1H3,(H2,20,21,24)/t16-/m1/s1. The normalized spacial score (nSPS) is 17.1. The fourth-order valence-corrected chi connectivity index (χ4v) is 3.11. The van der Waals surface area contributed by atoms with Crippen molar-refractivity contribution in [3.63, 3.8) is 0 Å². The van der Waals surface area contributed by atoms with E-state index in [4.69, 9.17) is 5.11 Å². The van der Waals surface area contributed by atoms with Gasteiger partial charge in [0.15, 0.2) is 0 Å². The van der Waals surface area contributed by atoms with E-state index in [0.717, 1.165) is 12.1 Å². The molecule has 0 spiro atoms. The summed E-state index contributed by atoms with van der Waals surface area (Å²) in [5, 5.41) is 14.6. The first-order valence-corrected chi connectivity index (χ1v) is 9.13. The van der Waals surface area contributed by atoms with Crippen LogP contribution in [0.4, 0.5) is 4.79 Å². The Kier molecular flexibility index (Phi) is 8.05. The molecule has 1 saturated heterocycles. The topological polar surface area (TPSA) is 64.6 Å². The molecule has 3 N–H and O–H groups in total. The third kappa shape index (κ3) is 6.89. The zero-order chi connectivity index (χ0) is 17.2. The lowest BCUT2D eigenvalue weighted by Gasteiger charge is -2.20. The maximum Gasteiger partial charge on any atom is 0.315 e. The van der Waals surface area contributed by atoms with E-state index in [1.54, 1.807) is 0 Å². The smallest absolute Gasteiger partial charge is 0.315 e. The highest BCUT2D eigenvalue weighted by atomic mass is 16.3. The number of rotatable bonds is 7. The number of carbonyl (C=O) groups is 1. The molecule has 2 amide bonds. The molecule has 1 heterocycles. The van der Waals surface area contributed by atoms with Crippen LogP contribution < -0.4 is 10.6 Å². The van der Waals surface area contributed by atoms with Crippen LogP contribution in [-0.2, 0) is 13.1 Å². The second-order valence-electron chi connectivity index (χ2n) is 6.75. The van der Waals surface area contributed by atoms with Gasteiger partial charge in [0.2, 0.25) is 0 Å². The molecule has 1 aromatic rings. The maximum absolute atomic E-state index is 11.8. The summed E-state index contributed by atoms with van der Waals surface area (Å²) < 4.78 is 0. The van der Waals surface area contributed by atoms with E-state index in [1.807, 2.05) is 13.0 Å². The quantitative estimate of drug-likeness (QED) is 0.719. The number of amides is 2. The minimum atomic E-state index is -0.186. The Balaban J connectivity index is 1.80. The SMILES string of the molecule is C[C@H](CCO)NC(=O)NCc1cccc(CN2CCCCCC2)c1. The summed E-state index contributed by atoms with van der Waals surface area (Å²) in [5.74, 6) is 0. The van der Waals surface area contributed by atoms with E-state index in [9.17, 15) is 4.79 Å². The number of benzene rings is 1. The van der Waals surface area contributed by atoms with Gasteiger partial charge in [0.25, 0.3) is 0 Å². The van der Waals surface area contributed by atoms with Crippen molar-refractivity contribution in [2.75, 3.05) is 19.7 Å². The van der Waals surface area contributed by atoms with Gasteiger partial charge in [-0.3, -0.25) is 4.90 Å². The highest BCUT2D eigenvalue weighted by Crippen LogP contribution is 2.14. The van der Waals surface area contributed by atoms with Crippen LogP contribution >= 0.6 is 0 Å². The fraction of sp³-hybridized carbons (Fsp3) is 0.632. The van der Waals surface area contributed by atoms with E-state index >= 15 is 0 Å². The molecule has 0 aliphatic carbocycles. The van der Waals surface area contributed by atoms with Crippen LogP contribution in [0.25, 0.3) is 0 Å². The van der Waals surface area contributed by atoms with Crippen molar-refractivity contribution in [2.45, 2.75) is 58.2 Å². The Morgan fingerprint density at radius 1 is 1.21 bits per heavy atom. The van der Waals surface area contributed by atoms with Gasteiger partial charge < -0.3 is 15.7 Å². The highest BCUT2D eigenvalue weighted by molar-refractivity contribution is 5.74. The van der Waals surface area contributed by atoms with E-state index in [0.29, 0.717) is 13.0 Å². The second kappa shape index (κ2) is 10.3. The van der Waals surface area contributed by atoms with Crippen LogP contribution in [0, 0.1) is 0 Å². The molecule has 5 nitrogen and oxygen atoms in total. The van der Waals surface area contributed by atoms with Gasteiger partial charge in [-0.2, -0.15) is 0 Å². The molecule has 1 fully saturated rings. The average molecular weight is 333 g/mol. The molecule has 1 aromatic carbocycles. The molecule has 0 aromatic heterocycles. The first kappa shape index (κ1) is 18.7. The number of hydrogen-bond donors (Lipinski definition) is 3. The predicted molar refractivity (Wildman–Crippen MR) is 96.7 cm³/mol. The molecule has 0 bridgehead atoms. The minimum absolute atomic E-state index is 0.0237. The number of aliphatic hydroxyl groups excluding tert-OH is 1. The molecular formula is C19H31N3O2. The van der Waals surface area contributed by atoms with Gasteiger partial charge in [0, 0.05) is 25.7 Å². The minimum Gasteiger partial charge on any atom is -0.396 e. The first-order chi connectivity index (χ1) is 11.7. The molecule has 2 rings (SSSR count). The molecule has 1 aliphatic heterocycles. The van der Waals surface area contributed by atoms with Gasteiger partial charge in [-0.1, -0.05) is 37.1 Å². The van der Waals surface area contributed by atoms with Crippen LogP contribution in [0.5, 0.6) is 0 Å². The van der Waals surface area contributed by atoms with Crippen molar-refractivity contribution in [1.29, 1.82) is 0 Å². The molecule has 24 heavy (non-hydrogen) atoms. The van der Waals surface area contributed by atoms with Crippen molar-refractivity contribution in [1.82, 2.24) is 15.5 Å². The molecule has 134 valence electrons. The molecule has 1 aliphatic rings. The Morgan fingerprint density at radius 2 is 1.92 bits per heavy atom. The lowest BCUT2D eigenvalue weighted by molar-refractivity contribution is 0.230. The van der Waals surface area contributed by atoms with Gasteiger partial charge in [-0.15, -0.1) is 0 Å². The zero-order valence-electron chi connectivity index (χ0n) is 14.8. The average Bonchev–Trinajstić information content (AvgIpc) is 2.82. The summed E-state index contributed by atoms with van der Waals surface area (Å²) in [5.41, 5.74) is 2.43. The number of carbonyl (C=O) groups excluding carboxylic acids is 1. The van der Waals surface area contributed by atoms with Gasteiger partial charge in [0.1, 0.15) is 0 Å². The van der Waals surface area contributed by atoms with Crippen LogP contribution in [0.3, 0.4) is 0 Å². The summed E-state index contributed by atoms with van der Waals surface area (Å²) in [6.45, 7) is 5.86. The van der Waals surface area contributed by atoms with Crippen molar-refractivity contribution >= 4 is 6.03 Å². The third-order valence-electron chi connectivity index (χ3n) is 4.49. The Morgan fingerprint density at radius 3 is 2.62 bits per heavy atom. The van der Waals surface area contributed by atoms with Crippen molar-refractivity contribution in [2.24, 2.45) is 0 Å². The van der Waals surface area contributed by atoms with Crippen molar-refractivity contribution in [3.8, 4) is 0 Å². The Labute approximate surface area is 145 Å². The second-order valence-corrected chi connectivity index (χ2v) is 6.75. The molecule has 0 radical (unpaired) electrons. The van der Waals surface area contributed by atoms with Crippen LogP contribution in [-0.4, -0.2) is 41.8 Å². The molecule has 1 atom stereocenters. The first-order valence-electron chi connectivity index (χ1n) is 9.13. The summed E-state index contributed by atoms with van der Waals surface area (Å²) >= 11 is 0.